The summed E-state index contributed by atoms with van der Waals surface area (Å²) in [6.45, 7) is 9.27. The smallest absolute Gasteiger partial charge is 0.170 e. The summed E-state index contributed by atoms with van der Waals surface area (Å²) in [5.41, 5.74) is 4.68. The molecule has 1 aliphatic heterocycles. The lowest BCUT2D eigenvalue weighted by atomic mass is 9.97. The van der Waals surface area contributed by atoms with Gasteiger partial charge in [0.1, 0.15) is 0 Å². The Morgan fingerprint density at radius 2 is 2.08 bits per heavy atom. The molecule has 0 radical (unpaired) electrons. The molecule has 2 atom stereocenters. The van der Waals surface area contributed by atoms with E-state index in [-0.39, 0.29) is 18.7 Å². The number of hydrogen-bond acceptors (Lipinski definition) is 3. The Balaban J connectivity index is 2.10. The fourth-order valence-electron chi connectivity index (χ4n) is 3.99. The molecule has 0 amide bonds. The van der Waals surface area contributed by atoms with Crippen molar-refractivity contribution in [3.8, 4) is 0 Å². The molecule has 0 aromatic carbocycles. The van der Waals surface area contributed by atoms with Gasteiger partial charge in [0.2, 0.25) is 0 Å². The maximum Gasteiger partial charge on any atom is 0.170 e. The van der Waals surface area contributed by atoms with Crippen LogP contribution in [0.5, 0.6) is 0 Å². The van der Waals surface area contributed by atoms with Crippen molar-refractivity contribution in [2.45, 2.75) is 45.8 Å². The molecule has 1 fully saturated rings. The second-order valence-corrected chi connectivity index (χ2v) is 7.22. The van der Waals surface area contributed by atoms with E-state index in [0.717, 1.165) is 5.69 Å². The van der Waals surface area contributed by atoms with E-state index in [0.29, 0.717) is 17.7 Å². The normalized spacial score (nSPS) is 20.4. The zero-order valence-electron chi connectivity index (χ0n) is 15.2. The molecule has 3 rings (SSSR count). The van der Waals surface area contributed by atoms with Gasteiger partial charge in [-0.15, -0.1) is 0 Å². The Bertz CT molecular complexity index is 756. The number of aryl methyl sites for hydroxylation is 1. The van der Waals surface area contributed by atoms with Gasteiger partial charge in [0.25, 0.3) is 0 Å². The minimum atomic E-state index is -0.0265. The van der Waals surface area contributed by atoms with Crippen LogP contribution >= 0.6 is 12.2 Å². The molecular weight excluding hydrogens is 332 g/mol. The van der Waals surface area contributed by atoms with Crippen LogP contribution in [0, 0.1) is 13.8 Å². The number of β-amino-alcohol motifs (C(OH)–C–C–N with tert-alkyl or cyclic N) is 1. The highest BCUT2D eigenvalue weighted by Gasteiger charge is 2.41. The van der Waals surface area contributed by atoms with Crippen LogP contribution in [0.1, 0.15) is 54.6 Å². The highest BCUT2D eigenvalue weighted by atomic mass is 32.1. The van der Waals surface area contributed by atoms with Crippen LogP contribution in [0.3, 0.4) is 0 Å². The molecule has 1 aliphatic rings. The SMILES string of the molecule is Cc1cc([C@H]2[C@H](c3ccccn3)NC(=S)N2CCO)c(C)n1C(C)C. The van der Waals surface area contributed by atoms with Gasteiger partial charge < -0.3 is 19.9 Å². The molecule has 0 saturated carbocycles. The summed E-state index contributed by atoms with van der Waals surface area (Å²) >= 11 is 5.56. The maximum absolute atomic E-state index is 9.53. The van der Waals surface area contributed by atoms with Crippen LogP contribution in [0.4, 0.5) is 0 Å². The quantitative estimate of drug-likeness (QED) is 0.805. The van der Waals surface area contributed by atoms with E-state index >= 15 is 0 Å². The average molecular weight is 359 g/mol. The van der Waals surface area contributed by atoms with Gasteiger partial charge in [-0.3, -0.25) is 4.98 Å². The van der Waals surface area contributed by atoms with E-state index < -0.39 is 0 Å². The third-order valence-corrected chi connectivity index (χ3v) is 5.25. The minimum absolute atomic E-state index is 0.0215. The number of nitrogens with zero attached hydrogens (tertiary/aromatic N) is 3. The molecule has 2 N–H and O–H groups in total. The Labute approximate surface area is 154 Å². The van der Waals surface area contributed by atoms with Gasteiger partial charge in [-0.05, 0) is 63.7 Å². The van der Waals surface area contributed by atoms with Crippen molar-refractivity contribution < 1.29 is 5.11 Å². The van der Waals surface area contributed by atoms with Crippen molar-refractivity contribution in [2.24, 2.45) is 0 Å². The van der Waals surface area contributed by atoms with E-state index in [1.807, 2.05) is 24.4 Å². The molecule has 6 heteroatoms. The van der Waals surface area contributed by atoms with Crippen molar-refractivity contribution in [3.63, 3.8) is 0 Å². The van der Waals surface area contributed by atoms with Crippen LogP contribution in [-0.2, 0) is 0 Å². The topological polar surface area (TPSA) is 53.3 Å². The van der Waals surface area contributed by atoms with Gasteiger partial charge in [-0.1, -0.05) is 6.07 Å². The lowest BCUT2D eigenvalue weighted by Gasteiger charge is -2.27. The number of thiocarbonyl (C=S) groups is 1. The minimum Gasteiger partial charge on any atom is -0.395 e. The van der Waals surface area contributed by atoms with Gasteiger partial charge in [0, 0.05) is 30.2 Å². The van der Waals surface area contributed by atoms with Gasteiger partial charge in [0.15, 0.2) is 5.11 Å². The Morgan fingerprint density at radius 3 is 2.64 bits per heavy atom. The fourth-order valence-corrected chi connectivity index (χ4v) is 4.32. The molecule has 3 heterocycles. The summed E-state index contributed by atoms with van der Waals surface area (Å²) in [7, 11) is 0. The third-order valence-electron chi connectivity index (χ3n) is 4.90. The largest absolute Gasteiger partial charge is 0.395 e. The zero-order valence-corrected chi connectivity index (χ0v) is 16.0. The van der Waals surface area contributed by atoms with E-state index in [9.17, 15) is 5.11 Å². The first kappa shape index (κ1) is 17.9. The summed E-state index contributed by atoms with van der Waals surface area (Å²) in [6.07, 6.45) is 1.81. The molecule has 5 nitrogen and oxygen atoms in total. The summed E-state index contributed by atoms with van der Waals surface area (Å²) in [4.78, 5) is 6.63. The lowest BCUT2D eigenvalue weighted by Crippen LogP contribution is -2.32. The fraction of sp³-hybridized carbons (Fsp3) is 0.474. The van der Waals surface area contributed by atoms with Crippen molar-refractivity contribution in [1.29, 1.82) is 0 Å². The molecule has 0 unspecified atom stereocenters. The van der Waals surface area contributed by atoms with Gasteiger partial charge >= 0.3 is 0 Å². The summed E-state index contributed by atoms with van der Waals surface area (Å²) in [5.74, 6) is 0. The first-order valence-corrected chi connectivity index (χ1v) is 9.13. The average Bonchev–Trinajstić information content (AvgIpc) is 3.05. The summed E-state index contributed by atoms with van der Waals surface area (Å²) in [5, 5.41) is 13.6. The monoisotopic (exact) mass is 358 g/mol. The van der Waals surface area contributed by atoms with E-state index in [2.05, 4.69) is 53.5 Å². The van der Waals surface area contributed by atoms with Gasteiger partial charge in [-0.2, -0.15) is 0 Å². The number of aliphatic hydroxyl groups excluding tert-OH is 1. The number of pyridine rings is 1. The molecule has 25 heavy (non-hydrogen) atoms. The van der Waals surface area contributed by atoms with Crippen molar-refractivity contribution >= 4 is 17.3 Å². The number of aliphatic hydroxyl groups is 1. The Hall–Kier alpha value is -1.92. The number of rotatable bonds is 5. The molecular formula is C19H26N4OS. The molecule has 0 aliphatic carbocycles. The van der Waals surface area contributed by atoms with Crippen LogP contribution < -0.4 is 5.32 Å². The van der Waals surface area contributed by atoms with Crippen LogP contribution in [0.25, 0.3) is 0 Å². The number of nitrogens with one attached hydrogen (secondary N) is 1. The molecule has 2 aromatic heterocycles. The van der Waals surface area contributed by atoms with E-state index in [1.54, 1.807) is 0 Å². The van der Waals surface area contributed by atoms with Crippen LogP contribution in [-0.4, -0.2) is 37.8 Å². The predicted octanol–water partition coefficient (Wildman–Crippen LogP) is 3.05. The zero-order chi connectivity index (χ0) is 18.1. The lowest BCUT2D eigenvalue weighted by molar-refractivity contribution is 0.222. The number of aromatic nitrogens is 2. The highest BCUT2D eigenvalue weighted by molar-refractivity contribution is 7.80. The highest BCUT2D eigenvalue weighted by Crippen LogP contribution is 2.41. The van der Waals surface area contributed by atoms with Crippen molar-refractivity contribution in [3.05, 3.63) is 53.1 Å². The maximum atomic E-state index is 9.53. The van der Waals surface area contributed by atoms with Crippen LogP contribution in [0.15, 0.2) is 30.5 Å². The first-order chi connectivity index (χ1) is 12.0. The van der Waals surface area contributed by atoms with Crippen molar-refractivity contribution in [2.75, 3.05) is 13.2 Å². The molecule has 0 bridgehead atoms. The summed E-state index contributed by atoms with van der Waals surface area (Å²) < 4.78 is 2.35. The summed E-state index contributed by atoms with van der Waals surface area (Å²) in [6, 6.07) is 8.58. The van der Waals surface area contributed by atoms with E-state index in [4.69, 9.17) is 12.2 Å². The molecule has 2 aromatic rings. The second kappa shape index (κ2) is 7.14. The molecule has 134 valence electrons. The number of hydrogen-bond donors (Lipinski definition) is 2. The first-order valence-electron chi connectivity index (χ1n) is 8.73. The van der Waals surface area contributed by atoms with Crippen LogP contribution in [0.2, 0.25) is 0 Å². The Morgan fingerprint density at radius 1 is 1.32 bits per heavy atom. The Kier molecular flexibility index (Phi) is 5.11. The molecule has 0 spiro atoms. The van der Waals surface area contributed by atoms with E-state index in [1.165, 1.54) is 17.0 Å². The predicted molar refractivity (Wildman–Crippen MR) is 104 cm³/mol. The standard InChI is InChI=1S/C19H26N4OS/c1-12(2)23-13(3)11-15(14(23)4)18-17(16-7-5-6-8-20-16)21-19(25)22(18)9-10-24/h5-8,11-12,17-18,24H,9-10H2,1-4H3,(H,21,25)/t17-,18-/m0/s1. The molecule has 1 saturated heterocycles. The second-order valence-electron chi connectivity index (χ2n) is 6.83. The van der Waals surface area contributed by atoms with Gasteiger partial charge in [-0.25, -0.2) is 0 Å². The third kappa shape index (κ3) is 3.16. The van der Waals surface area contributed by atoms with Crippen molar-refractivity contribution in [1.82, 2.24) is 19.8 Å². The van der Waals surface area contributed by atoms with Gasteiger partial charge in [0.05, 0.1) is 24.4 Å².